The number of aromatic hydroxyl groups is 2. The standard InChI is InChI=1S/C34H44N4O9/c35-32(17-13-29(41)36-20-16-24-11-12-27(39)28(40)21-24,18-14-30(42)37-22-33(44,45)25-7-3-1-4-8-25)19-15-31(43)38-23-34(46,47)26-9-5-2-6-10-26/h1-12,21,39-40,44-47H,13-20,22-23,35H2,(H,36,41)(H,37,42)(H,38,43). The van der Waals surface area contributed by atoms with Crippen LogP contribution in [0.2, 0.25) is 0 Å². The molecule has 3 aromatic rings. The maximum Gasteiger partial charge on any atom is 0.220 e. The first-order valence-corrected chi connectivity index (χ1v) is 15.3. The molecule has 0 aliphatic carbocycles. The topological polar surface area (TPSA) is 235 Å². The van der Waals surface area contributed by atoms with E-state index in [1.807, 2.05) is 0 Å². The second-order valence-corrected chi connectivity index (χ2v) is 11.7. The zero-order valence-electron chi connectivity index (χ0n) is 26.1. The quantitative estimate of drug-likeness (QED) is 0.0682. The third-order valence-electron chi connectivity index (χ3n) is 7.86. The van der Waals surface area contributed by atoms with E-state index >= 15 is 0 Å². The normalized spacial score (nSPS) is 11.9. The van der Waals surface area contributed by atoms with Crippen molar-refractivity contribution in [1.82, 2.24) is 16.0 Å². The van der Waals surface area contributed by atoms with Gasteiger partial charge < -0.3 is 52.3 Å². The molecule has 0 bridgehead atoms. The number of hydrogen-bond donors (Lipinski definition) is 10. The van der Waals surface area contributed by atoms with E-state index < -0.39 is 42.0 Å². The lowest BCUT2D eigenvalue weighted by Crippen LogP contribution is -2.45. The van der Waals surface area contributed by atoms with Crippen molar-refractivity contribution in [1.29, 1.82) is 0 Å². The Morgan fingerprint density at radius 3 is 1.45 bits per heavy atom. The summed E-state index contributed by atoms with van der Waals surface area (Å²) < 4.78 is 0. The predicted molar refractivity (Wildman–Crippen MR) is 172 cm³/mol. The van der Waals surface area contributed by atoms with Gasteiger partial charge in [-0.3, -0.25) is 14.4 Å². The highest BCUT2D eigenvalue weighted by Gasteiger charge is 2.31. The summed E-state index contributed by atoms with van der Waals surface area (Å²) >= 11 is 0. The van der Waals surface area contributed by atoms with E-state index in [2.05, 4.69) is 16.0 Å². The maximum absolute atomic E-state index is 12.7. The summed E-state index contributed by atoms with van der Waals surface area (Å²) in [4.78, 5) is 38.0. The van der Waals surface area contributed by atoms with Gasteiger partial charge in [0.1, 0.15) is 0 Å². The Labute approximate surface area is 273 Å². The van der Waals surface area contributed by atoms with Crippen LogP contribution in [0.1, 0.15) is 55.2 Å². The number of phenolic OH excluding ortho intramolecular Hbond substituents is 2. The fraction of sp³-hybridized carbons (Fsp3) is 0.382. The smallest absolute Gasteiger partial charge is 0.220 e. The van der Waals surface area contributed by atoms with E-state index in [0.29, 0.717) is 12.0 Å². The highest BCUT2D eigenvalue weighted by Crippen LogP contribution is 2.26. The summed E-state index contributed by atoms with van der Waals surface area (Å²) in [7, 11) is 0. The van der Waals surface area contributed by atoms with E-state index in [9.17, 15) is 45.0 Å². The van der Waals surface area contributed by atoms with Gasteiger partial charge in [0.05, 0.1) is 13.1 Å². The molecular formula is C34H44N4O9. The molecule has 0 unspecified atom stereocenters. The second-order valence-electron chi connectivity index (χ2n) is 11.7. The Kier molecular flexibility index (Phi) is 13.2. The number of nitrogens with one attached hydrogen (secondary N) is 3. The van der Waals surface area contributed by atoms with Gasteiger partial charge in [0.2, 0.25) is 29.3 Å². The third-order valence-corrected chi connectivity index (χ3v) is 7.86. The summed E-state index contributed by atoms with van der Waals surface area (Å²) in [6.45, 7) is -0.687. The molecule has 0 aliphatic heterocycles. The lowest BCUT2D eigenvalue weighted by atomic mass is 9.84. The SMILES string of the molecule is NC(CCC(=O)NCCc1ccc(O)c(O)c1)(CCC(=O)NCC(O)(O)c1ccccc1)CCC(=O)NCC(O)(O)c1ccccc1. The number of carbonyl (C=O) groups is 3. The van der Waals surface area contributed by atoms with Crippen LogP contribution >= 0.6 is 0 Å². The van der Waals surface area contributed by atoms with Gasteiger partial charge in [-0.05, 0) is 43.4 Å². The molecule has 0 atom stereocenters. The Hall–Kier alpha value is -4.53. The van der Waals surface area contributed by atoms with Crippen LogP contribution in [0.5, 0.6) is 11.5 Å². The number of phenols is 2. The molecule has 0 fully saturated rings. The molecule has 47 heavy (non-hydrogen) atoms. The molecule has 3 amide bonds. The van der Waals surface area contributed by atoms with Gasteiger partial charge in [-0.15, -0.1) is 0 Å². The molecule has 3 aromatic carbocycles. The minimum atomic E-state index is -2.29. The van der Waals surface area contributed by atoms with Gasteiger partial charge in [0, 0.05) is 42.5 Å². The van der Waals surface area contributed by atoms with E-state index in [4.69, 9.17) is 5.73 Å². The summed E-state index contributed by atoms with van der Waals surface area (Å²) in [5.74, 6) is -6.43. The maximum atomic E-state index is 12.7. The van der Waals surface area contributed by atoms with E-state index in [1.54, 1.807) is 42.5 Å². The molecule has 13 nitrogen and oxygen atoms in total. The van der Waals surface area contributed by atoms with Crippen LogP contribution in [-0.2, 0) is 32.4 Å². The zero-order valence-corrected chi connectivity index (χ0v) is 26.1. The summed E-state index contributed by atoms with van der Waals surface area (Å²) in [5, 5.41) is 68.3. The Balaban J connectivity index is 1.55. The van der Waals surface area contributed by atoms with Gasteiger partial charge in [-0.25, -0.2) is 0 Å². The van der Waals surface area contributed by atoms with Crippen molar-refractivity contribution < 1.29 is 45.0 Å². The van der Waals surface area contributed by atoms with Crippen molar-refractivity contribution in [3.05, 3.63) is 95.6 Å². The number of rotatable bonds is 18. The predicted octanol–water partition coefficient (Wildman–Crippen LogP) is 0.702. The summed E-state index contributed by atoms with van der Waals surface area (Å²) in [6, 6.07) is 20.4. The van der Waals surface area contributed by atoms with Crippen LogP contribution in [0.25, 0.3) is 0 Å². The lowest BCUT2D eigenvalue weighted by Gasteiger charge is -2.30. The molecule has 254 valence electrons. The number of hydrogen-bond acceptors (Lipinski definition) is 10. The van der Waals surface area contributed by atoms with Crippen LogP contribution in [0.3, 0.4) is 0 Å². The largest absolute Gasteiger partial charge is 0.504 e. The number of amides is 3. The Bertz CT molecular complexity index is 1400. The van der Waals surface area contributed by atoms with Crippen LogP contribution in [-0.4, -0.2) is 73.5 Å². The number of aliphatic hydroxyl groups is 4. The first kappa shape index (κ1) is 36.9. The molecule has 0 saturated heterocycles. The molecule has 3 rings (SSSR count). The molecule has 0 saturated carbocycles. The Morgan fingerprint density at radius 2 is 1.02 bits per heavy atom. The van der Waals surface area contributed by atoms with Crippen LogP contribution in [0.4, 0.5) is 0 Å². The first-order valence-electron chi connectivity index (χ1n) is 15.3. The fourth-order valence-corrected chi connectivity index (χ4v) is 4.86. The number of carbonyl (C=O) groups excluding carboxylic acids is 3. The highest BCUT2D eigenvalue weighted by atomic mass is 16.5. The number of nitrogens with two attached hydrogens (primary N) is 1. The second kappa shape index (κ2) is 16.9. The zero-order chi connectivity index (χ0) is 34.5. The fourth-order valence-electron chi connectivity index (χ4n) is 4.86. The molecule has 11 N–H and O–H groups in total. The minimum absolute atomic E-state index is 0.0185. The number of benzene rings is 3. The third kappa shape index (κ3) is 12.3. The van der Waals surface area contributed by atoms with Crippen molar-refractivity contribution in [2.75, 3.05) is 19.6 Å². The van der Waals surface area contributed by atoms with E-state index in [0.717, 1.165) is 0 Å². The molecule has 0 spiro atoms. The van der Waals surface area contributed by atoms with Crippen molar-refractivity contribution in [3.8, 4) is 11.5 Å². The summed E-state index contributed by atoms with van der Waals surface area (Å²) in [6.07, 6.45) is 0.369. The van der Waals surface area contributed by atoms with Crippen LogP contribution in [0.15, 0.2) is 78.9 Å². The van der Waals surface area contributed by atoms with Crippen molar-refractivity contribution in [3.63, 3.8) is 0 Å². The van der Waals surface area contributed by atoms with Gasteiger partial charge >= 0.3 is 0 Å². The van der Waals surface area contributed by atoms with Crippen molar-refractivity contribution >= 4 is 17.7 Å². The molecule has 0 heterocycles. The highest BCUT2D eigenvalue weighted by molar-refractivity contribution is 5.77. The van der Waals surface area contributed by atoms with Crippen molar-refractivity contribution in [2.45, 2.75) is 62.1 Å². The first-order chi connectivity index (χ1) is 22.2. The molecular weight excluding hydrogens is 608 g/mol. The monoisotopic (exact) mass is 652 g/mol. The average molecular weight is 653 g/mol. The molecule has 0 radical (unpaired) electrons. The van der Waals surface area contributed by atoms with Crippen molar-refractivity contribution in [2.24, 2.45) is 5.73 Å². The molecule has 13 heteroatoms. The Morgan fingerprint density at radius 1 is 0.596 bits per heavy atom. The van der Waals surface area contributed by atoms with E-state index in [-0.39, 0.29) is 73.6 Å². The summed E-state index contributed by atoms with van der Waals surface area (Å²) in [5.41, 5.74) is 6.61. The average Bonchev–Trinajstić information content (AvgIpc) is 3.06. The molecule has 0 aliphatic rings. The van der Waals surface area contributed by atoms with Crippen LogP contribution < -0.4 is 21.7 Å². The van der Waals surface area contributed by atoms with Gasteiger partial charge in [-0.1, -0.05) is 66.7 Å². The van der Waals surface area contributed by atoms with Gasteiger partial charge in [-0.2, -0.15) is 0 Å². The van der Waals surface area contributed by atoms with Gasteiger partial charge in [0.25, 0.3) is 0 Å². The molecule has 0 aromatic heterocycles. The minimum Gasteiger partial charge on any atom is -0.504 e. The van der Waals surface area contributed by atoms with Gasteiger partial charge in [0.15, 0.2) is 11.5 Å². The lowest BCUT2D eigenvalue weighted by molar-refractivity contribution is -0.168. The van der Waals surface area contributed by atoms with E-state index in [1.165, 1.54) is 36.4 Å². The van der Waals surface area contributed by atoms with Crippen LogP contribution in [0, 0.1) is 0 Å².